The van der Waals surface area contributed by atoms with E-state index in [0.29, 0.717) is 25.2 Å². The number of hydrogen-bond acceptors (Lipinski definition) is 3. The summed E-state index contributed by atoms with van der Waals surface area (Å²) in [5.74, 6) is 0.111. The van der Waals surface area contributed by atoms with Crippen molar-refractivity contribution >= 4 is 23.4 Å². The molecule has 2 atom stereocenters. The molecule has 0 bridgehead atoms. The highest BCUT2D eigenvalue weighted by molar-refractivity contribution is 6.30. The van der Waals surface area contributed by atoms with E-state index in [1.165, 1.54) is 5.56 Å². The van der Waals surface area contributed by atoms with Crippen LogP contribution in [0.1, 0.15) is 37.2 Å². The second-order valence-corrected chi connectivity index (χ2v) is 6.75. The summed E-state index contributed by atoms with van der Waals surface area (Å²) in [5.41, 5.74) is 6.41. The van der Waals surface area contributed by atoms with Crippen molar-refractivity contribution in [1.82, 2.24) is 4.90 Å². The SMILES string of the molecule is NC(=O)[C@@H]1CC[C@H](CCC(=O)N2CC(c3cccc(Cl)c3)C2)O1. The molecule has 0 saturated carbocycles. The average molecular weight is 337 g/mol. The molecule has 0 unspecified atom stereocenters. The van der Waals surface area contributed by atoms with E-state index < -0.39 is 12.0 Å². The molecule has 0 aliphatic carbocycles. The van der Waals surface area contributed by atoms with E-state index in [0.717, 1.165) is 24.5 Å². The molecule has 0 aromatic heterocycles. The molecule has 0 spiro atoms. The van der Waals surface area contributed by atoms with Gasteiger partial charge < -0.3 is 15.4 Å². The minimum Gasteiger partial charge on any atom is -0.367 e. The van der Waals surface area contributed by atoms with Crippen LogP contribution in [-0.4, -0.2) is 42.0 Å². The zero-order chi connectivity index (χ0) is 16.4. The molecule has 3 rings (SSSR count). The number of ether oxygens (including phenoxy) is 1. The fourth-order valence-electron chi connectivity index (χ4n) is 3.22. The Hall–Kier alpha value is -1.59. The van der Waals surface area contributed by atoms with Gasteiger partial charge in [0.25, 0.3) is 0 Å². The van der Waals surface area contributed by atoms with Crippen LogP contribution in [0.15, 0.2) is 24.3 Å². The predicted molar refractivity (Wildman–Crippen MR) is 87.1 cm³/mol. The van der Waals surface area contributed by atoms with Crippen LogP contribution in [0.5, 0.6) is 0 Å². The molecule has 2 amide bonds. The van der Waals surface area contributed by atoms with Crippen molar-refractivity contribution < 1.29 is 14.3 Å². The Kier molecular flexibility index (Phi) is 4.87. The Morgan fingerprint density at radius 1 is 1.30 bits per heavy atom. The van der Waals surface area contributed by atoms with Crippen LogP contribution in [0.3, 0.4) is 0 Å². The fourth-order valence-corrected chi connectivity index (χ4v) is 3.42. The first-order valence-corrected chi connectivity index (χ1v) is 8.38. The Morgan fingerprint density at radius 3 is 2.74 bits per heavy atom. The number of carbonyl (C=O) groups excluding carboxylic acids is 2. The first-order valence-electron chi connectivity index (χ1n) is 8.01. The van der Waals surface area contributed by atoms with Crippen molar-refractivity contribution in [3.8, 4) is 0 Å². The zero-order valence-corrected chi connectivity index (χ0v) is 13.7. The Balaban J connectivity index is 1.40. The lowest BCUT2D eigenvalue weighted by atomic mass is 9.91. The first kappa shape index (κ1) is 16.3. The summed E-state index contributed by atoms with van der Waals surface area (Å²) in [6, 6.07) is 7.81. The zero-order valence-electron chi connectivity index (χ0n) is 12.9. The first-order chi connectivity index (χ1) is 11.0. The van der Waals surface area contributed by atoms with Crippen LogP contribution >= 0.6 is 11.6 Å². The van der Waals surface area contributed by atoms with Gasteiger partial charge in [-0.1, -0.05) is 23.7 Å². The Bertz CT molecular complexity index is 601. The van der Waals surface area contributed by atoms with Gasteiger partial charge in [-0.15, -0.1) is 0 Å². The van der Waals surface area contributed by atoms with Crippen LogP contribution in [-0.2, 0) is 14.3 Å². The Morgan fingerprint density at radius 2 is 2.09 bits per heavy atom. The third-order valence-corrected chi connectivity index (χ3v) is 4.89. The van der Waals surface area contributed by atoms with Crippen molar-refractivity contribution in [2.24, 2.45) is 5.73 Å². The molecule has 6 heteroatoms. The van der Waals surface area contributed by atoms with E-state index in [1.807, 2.05) is 23.1 Å². The number of nitrogens with two attached hydrogens (primary N) is 1. The number of likely N-dealkylation sites (tertiary alicyclic amines) is 1. The van der Waals surface area contributed by atoms with Crippen LogP contribution < -0.4 is 5.73 Å². The van der Waals surface area contributed by atoms with Crippen LogP contribution in [0.2, 0.25) is 5.02 Å². The highest BCUT2D eigenvalue weighted by Crippen LogP contribution is 2.30. The Labute approximate surface area is 140 Å². The van der Waals surface area contributed by atoms with Crippen LogP contribution in [0, 0.1) is 0 Å². The van der Waals surface area contributed by atoms with Crippen molar-refractivity contribution in [3.63, 3.8) is 0 Å². The summed E-state index contributed by atoms with van der Waals surface area (Å²) in [6.07, 6.45) is 2.06. The molecular formula is C17H21ClN2O3. The minimum atomic E-state index is -0.480. The van der Waals surface area contributed by atoms with E-state index in [2.05, 4.69) is 6.07 Å². The lowest BCUT2D eigenvalue weighted by Gasteiger charge is -2.40. The number of hydrogen-bond donors (Lipinski definition) is 1. The fraction of sp³-hybridized carbons (Fsp3) is 0.529. The van der Waals surface area contributed by atoms with Gasteiger partial charge in [0, 0.05) is 30.5 Å². The van der Waals surface area contributed by atoms with E-state index in [-0.39, 0.29) is 12.0 Å². The van der Waals surface area contributed by atoms with Crippen LogP contribution in [0.4, 0.5) is 0 Å². The third kappa shape index (κ3) is 3.85. The van der Waals surface area contributed by atoms with Gasteiger partial charge in [0.1, 0.15) is 6.10 Å². The van der Waals surface area contributed by atoms with Gasteiger partial charge >= 0.3 is 0 Å². The van der Waals surface area contributed by atoms with Gasteiger partial charge in [-0.2, -0.15) is 0 Å². The monoisotopic (exact) mass is 336 g/mol. The maximum absolute atomic E-state index is 12.2. The lowest BCUT2D eigenvalue weighted by Crippen LogP contribution is -2.48. The predicted octanol–water partition coefficient (Wildman–Crippen LogP) is 2.08. The molecule has 2 N–H and O–H groups in total. The summed E-state index contributed by atoms with van der Waals surface area (Å²) in [4.78, 5) is 25.1. The van der Waals surface area contributed by atoms with E-state index in [9.17, 15) is 9.59 Å². The van der Waals surface area contributed by atoms with E-state index >= 15 is 0 Å². The van der Waals surface area contributed by atoms with Gasteiger partial charge in [0.2, 0.25) is 11.8 Å². The second kappa shape index (κ2) is 6.89. The number of amides is 2. The quantitative estimate of drug-likeness (QED) is 0.894. The third-order valence-electron chi connectivity index (χ3n) is 4.66. The summed E-state index contributed by atoms with van der Waals surface area (Å²) in [5, 5.41) is 0.731. The molecule has 1 aromatic rings. The number of benzene rings is 1. The van der Waals surface area contributed by atoms with Crippen molar-refractivity contribution in [3.05, 3.63) is 34.9 Å². The molecule has 2 aliphatic rings. The molecule has 124 valence electrons. The highest BCUT2D eigenvalue weighted by atomic mass is 35.5. The highest BCUT2D eigenvalue weighted by Gasteiger charge is 2.33. The molecule has 2 saturated heterocycles. The minimum absolute atomic E-state index is 0.0264. The average Bonchev–Trinajstić information content (AvgIpc) is 2.93. The topological polar surface area (TPSA) is 72.6 Å². The van der Waals surface area contributed by atoms with Crippen molar-refractivity contribution in [2.45, 2.75) is 43.8 Å². The van der Waals surface area contributed by atoms with Gasteiger partial charge in [-0.05, 0) is 37.0 Å². The molecule has 2 heterocycles. The molecule has 5 nitrogen and oxygen atoms in total. The number of nitrogens with zero attached hydrogens (tertiary/aromatic N) is 1. The van der Waals surface area contributed by atoms with Gasteiger partial charge in [-0.3, -0.25) is 9.59 Å². The van der Waals surface area contributed by atoms with E-state index in [4.69, 9.17) is 22.1 Å². The maximum Gasteiger partial charge on any atom is 0.246 e. The normalized spacial score (nSPS) is 24.5. The molecule has 2 aliphatic heterocycles. The number of halogens is 1. The standard InChI is InChI=1S/C17H21ClN2O3/c18-13-3-1-2-11(8-13)12-9-20(10-12)16(21)7-5-14-4-6-15(23-14)17(19)22/h1-3,8,12,14-15H,4-7,9-10H2,(H2,19,22)/t14-,15+/m1/s1. The lowest BCUT2D eigenvalue weighted by molar-refractivity contribution is -0.136. The van der Waals surface area contributed by atoms with Crippen molar-refractivity contribution in [1.29, 1.82) is 0 Å². The molecule has 23 heavy (non-hydrogen) atoms. The number of carbonyl (C=O) groups is 2. The molecule has 2 fully saturated rings. The van der Waals surface area contributed by atoms with Gasteiger partial charge in [0.05, 0.1) is 6.10 Å². The summed E-state index contributed by atoms with van der Waals surface area (Å²) < 4.78 is 5.55. The number of rotatable bonds is 5. The molecule has 1 aromatic carbocycles. The molecular weight excluding hydrogens is 316 g/mol. The smallest absolute Gasteiger partial charge is 0.246 e. The van der Waals surface area contributed by atoms with E-state index in [1.54, 1.807) is 0 Å². The second-order valence-electron chi connectivity index (χ2n) is 6.32. The summed E-state index contributed by atoms with van der Waals surface area (Å²) in [6.45, 7) is 1.49. The van der Waals surface area contributed by atoms with Crippen molar-refractivity contribution in [2.75, 3.05) is 13.1 Å². The van der Waals surface area contributed by atoms with Crippen LogP contribution in [0.25, 0.3) is 0 Å². The molecule has 0 radical (unpaired) electrons. The van der Waals surface area contributed by atoms with Gasteiger partial charge in [-0.25, -0.2) is 0 Å². The largest absolute Gasteiger partial charge is 0.367 e. The summed E-state index contributed by atoms with van der Waals surface area (Å²) >= 11 is 6.00. The summed E-state index contributed by atoms with van der Waals surface area (Å²) in [7, 11) is 0. The van der Waals surface area contributed by atoms with Gasteiger partial charge in [0.15, 0.2) is 0 Å². The maximum atomic E-state index is 12.2. The number of primary amides is 1.